The molecule has 20 nitrogen and oxygen atoms in total. The Morgan fingerprint density at radius 3 is 1.57 bits per heavy atom. The maximum absolute atomic E-state index is 14.5. The normalized spacial score (nSPS) is 19.5. The average molecular weight is 1130 g/mol. The molecule has 4 aliphatic rings. The lowest BCUT2D eigenvalue weighted by atomic mass is 9.96. The molecule has 0 spiro atoms. The van der Waals surface area contributed by atoms with Crippen LogP contribution in [0, 0.1) is 0 Å². The van der Waals surface area contributed by atoms with Crippen molar-refractivity contribution in [2.45, 2.75) is 100 Å². The number of anilines is 2. The topological polar surface area (TPSA) is 223 Å². The molecule has 410 valence electrons. The quantitative estimate of drug-likeness (QED) is 0.0377. The summed E-state index contributed by atoms with van der Waals surface area (Å²) in [6, 6.07) is 5.03. The van der Waals surface area contributed by atoms with Crippen LogP contribution in [0.4, 0.5) is 37.7 Å². The van der Waals surface area contributed by atoms with Crippen LogP contribution in [0.3, 0.4) is 0 Å². The van der Waals surface area contributed by atoms with Gasteiger partial charge in [0, 0.05) is 73.2 Å². The minimum atomic E-state index is -6.16. The van der Waals surface area contributed by atoms with Crippen LogP contribution in [0.25, 0.3) is 0 Å². The predicted molar refractivity (Wildman–Crippen MR) is 257 cm³/mol. The van der Waals surface area contributed by atoms with E-state index in [1.165, 1.54) is 45.4 Å². The fraction of sp³-hybridized carbons (Fsp3) is 0.545. The summed E-state index contributed by atoms with van der Waals surface area (Å²) in [4.78, 5) is 60.8. The molecule has 0 N–H and O–H groups in total. The van der Waals surface area contributed by atoms with E-state index in [-0.39, 0.29) is 78.3 Å². The Hall–Kier alpha value is -5.57. The van der Waals surface area contributed by atoms with E-state index in [0.29, 0.717) is 12.1 Å². The standard InChI is InChI=1S/C44H56F6N4O16S2Si2/c1-42-22-28(70-72(61,62)44(48,49)50)24-54(42)39(56)30-19-35(64-3)37(21-32(30)53(41(42)58)26-66-14-16-74(7,8)9)68-12-10-11-67-36-20-31-29(18-34(36)63-2)38(55)51-23-27(69-71(59,60)43(45,46)47)17-33(51)40(57)52(31)25-65-13-15-73(4,5)6/h18-21,23-24,33H,10-17,22,25-26H2,1-9H3/t33-,42-/m0/s1. The summed E-state index contributed by atoms with van der Waals surface area (Å²) in [5, 5.41) is 0. The molecule has 6 rings (SSSR count). The van der Waals surface area contributed by atoms with Crippen LogP contribution in [0.5, 0.6) is 23.0 Å². The van der Waals surface area contributed by atoms with E-state index in [4.69, 9.17) is 28.4 Å². The number of ether oxygens (including phenoxy) is 6. The molecule has 0 saturated heterocycles. The number of alkyl halides is 6. The molecule has 4 heterocycles. The number of carbonyl (C=O) groups excluding carboxylic acids is 4. The first kappa shape index (κ1) is 57.7. The van der Waals surface area contributed by atoms with E-state index >= 15 is 0 Å². The van der Waals surface area contributed by atoms with Crippen LogP contribution in [0.15, 0.2) is 48.2 Å². The monoisotopic (exact) mass is 1130 g/mol. The van der Waals surface area contributed by atoms with Crippen molar-refractivity contribution in [3.8, 4) is 23.0 Å². The molecule has 0 aliphatic carbocycles. The Balaban J connectivity index is 1.25. The summed E-state index contributed by atoms with van der Waals surface area (Å²) < 4.78 is 171. The van der Waals surface area contributed by atoms with Crippen LogP contribution < -0.4 is 28.7 Å². The molecule has 0 radical (unpaired) electrons. The van der Waals surface area contributed by atoms with E-state index in [2.05, 4.69) is 47.6 Å². The van der Waals surface area contributed by atoms with Crippen molar-refractivity contribution in [2.24, 2.45) is 0 Å². The zero-order chi connectivity index (χ0) is 55.1. The van der Waals surface area contributed by atoms with Crippen molar-refractivity contribution in [1.82, 2.24) is 9.80 Å². The predicted octanol–water partition coefficient (Wildman–Crippen LogP) is 7.10. The van der Waals surface area contributed by atoms with E-state index < -0.39 is 120 Å². The molecule has 0 fully saturated rings. The van der Waals surface area contributed by atoms with Crippen molar-refractivity contribution in [3.05, 3.63) is 59.3 Å². The van der Waals surface area contributed by atoms with Gasteiger partial charge in [-0.25, -0.2) is 0 Å². The van der Waals surface area contributed by atoms with Gasteiger partial charge < -0.3 is 36.8 Å². The Labute approximate surface area is 425 Å². The molecule has 4 amide bonds. The Morgan fingerprint density at radius 1 is 0.635 bits per heavy atom. The van der Waals surface area contributed by atoms with Crippen molar-refractivity contribution >= 4 is 71.4 Å². The molecule has 2 aromatic carbocycles. The summed E-state index contributed by atoms with van der Waals surface area (Å²) >= 11 is 0. The summed E-state index contributed by atoms with van der Waals surface area (Å²) in [6.07, 6.45) is 0.136. The van der Waals surface area contributed by atoms with E-state index in [1.807, 2.05) is 0 Å². The number of amides is 4. The Bertz CT molecular complexity index is 2840. The zero-order valence-electron chi connectivity index (χ0n) is 41.7. The van der Waals surface area contributed by atoms with Crippen LogP contribution in [-0.2, 0) is 47.7 Å². The third-order valence-corrected chi connectivity index (χ3v) is 17.3. The summed E-state index contributed by atoms with van der Waals surface area (Å²) in [6.45, 7) is 13.2. The Kier molecular flexibility index (Phi) is 16.5. The minimum absolute atomic E-state index is 0.0126. The van der Waals surface area contributed by atoms with Gasteiger partial charge in [0.15, 0.2) is 23.0 Å². The van der Waals surface area contributed by atoms with Gasteiger partial charge in [0.1, 0.15) is 36.6 Å². The smallest absolute Gasteiger partial charge is 0.493 e. The highest BCUT2D eigenvalue weighted by atomic mass is 32.2. The first-order valence-electron chi connectivity index (χ1n) is 22.7. The fourth-order valence-corrected chi connectivity index (χ4v) is 10.3. The number of benzene rings is 2. The lowest BCUT2D eigenvalue weighted by molar-refractivity contribution is -0.127. The van der Waals surface area contributed by atoms with Crippen molar-refractivity contribution in [3.63, 3.8) is 0 Å². The largest absolute Gasteiger partial charge is 0.534 e. The number of hydrogen-bond donors (Lipinski definition) is 0. The van der Waals surface area contributed by atoms with Gasteiger partial charge in [0.2, 0.25) is 0 Å². The molecule has 0 unspecified atom stereocenters. The molecule has 4 aliphatic heterocycles. The van der Waals surface area contributed by atoms with Crippen molar-refractivity contribution in [1.29, 1.82) is 0 Å². The molecule has 0 saturated carbocycles. The second kappa shape index (κ2) is 21.2. The van der Waals surface area contributed by atoms with Gasteiger partial charge in [0.25, 0.3) is 23.6 Å². The van der Waals surface area contributed by atoms with Crippen LogP contribution >= 0.6 is 0 Å². The van der Waals surface area contributed by atoms with Crippen molar-refractivity contribution in [2.75, 3.05) is 63.9 Å². The molecular formula is C44H56F6N4O16S2Si2. The fourth-order valence-electron chi connectivity index (χ4n) is 7.85. The molecule has 74 heavy (non-hydrogen) atoms. The van der Waals surface area contributed by atoms with E-state index in [9.17, 15) is 62.4 Å². The van der Waals surface area contributed by atoms with Gasteiger partial charge >= 0.3 is 31.3 Å². The average Bonchev–Trinajstić information content (AvgIpc) is 3.83. The van der Waals surface area contributed by atoms with E-state index in [0.717, 1.165) is 32.0 Å². The van der Waals surface area contributed by atoms with E-state index in [1.54, 1.807) is 0 Å². The molecule has 0 bridgehead atoms. The highest BCUT2D eigenvalue weighted by molar-refractivity contribution is 7.88. The van der Waals surface area contributed by atoms with Gasteiger partial charge in [-0.05, 0) is 31.1 Å². The van der Waals surface area contributed by atoms with Crippen LogP contribution in [0.1, 0.15) is 46.9 Å². The molecule has 30 heteroatoms. The second-order valence-electron chi connectivity index (χ2n) is 20.0. The number of halogens is 6. The molecule has 2 atom stereocenters. The number of methoxy groups -OCH3 is 2. The first-order valence-corrected chi connectivity index (χ1v) is 32.9. The highest BCUT2D eigenvalue weighted by Crippen LogP contribution is 2.46. The maximum atomic E-state index is 14.5. The summed E-state index contributed by atoms with van der Waals surface area (Å²) in [5.41, 5.74) is -13.9. The summed E-state index contributed by atoms with van der Waals surface area (Å²) in [5.74, 6) is -5.04. The second-order valence-corrected chi connectivity index (χ2v) is 34.3. The van der Waals surface area contributed by atoms with Gasteiger partial charge in [-0.3, -0.25) is 38.8 Å². The SMILES string of the molecule is COc1cc2c(cc1OCCCOc1cc3c(cc1OC)C(=O)N1C=C(OS(=O)(=O)C(F)(F)F)C[C@@]1(C)C(=O)N3COCC[Si](C)(C)C)N(COCC[Si](C)(C)C)C(=O)[C@@H]1CC(OS(=O)(=O)C(F)(F)F)=CN1C2=O. The van der Waals surface area contributed by atoms with Crippen molar-refractivity contribution < 1.29 is 99.1 Å². The van der Waals surface area contributed by atoms with Gasteiger partial charge in [-0.2, -0.15) is 43.2 Å². The maximum Gasteiger partial charge on any atom is 0.534 e. The molecule has 2 aromatic rings. The Morgan fingerprint density at radius 2 is 1.09 bits per heavy atom. The lowest BCUT2D eigenvalue weighted by Gasteiger charge is -2.34. The minimum Gasteiger partial charge on any atom is -0.493 e. The molecule has 0 aromatic heterocycles. The first-order chi connectivity index (χ1) is 34.1. The van der Waals surface area contributed by atoms with Crippen LogP contribution in [-0.4, -0.2) is 143 Å². The number of nitrogens with zero attached hydrogens (tertiary/aromatic N) is 4. The number of fused-ring (bicyclic) bond motifs is 4. The summed E-state index contributed by atoms with van der Waals surface area (Å²) in [7, 11) is -13.1. The van der Waals surface area contributed by atoms with Gasteiger partial charge in [0.05, 0.1) is 49.9 Å². The van der Waals surface area contributed by atoms with Gasteiger partial charge in [-0.1, -0.05) is 39.3 Å². The number of rotatable bonds is 22. The lowest BCUT2D eigenvalue weighted by Crippen LogP contribution is -2.54. The van der Waals surface area contributed by atoms with Gasteiger partial charge in [-0.15, -0.1) is 0 Å². The zero-order valence-corrected chi connectivity index (χ0v) is 45.4. The number of hydrogen-bond acceptors (Lipinski definition) is 16. The third-order valence-electron chi connectivity index (χ3n) is 11.9. The molecular weight excluding hydrogens is 1070 g/mol. The highest BCUT2D eigenvalue weighted by Gasteiger charge is 2.56. The third kappa shape index (κ3) is 12.4. The van der Waals surface area contributed by atoms with Crippen LogP contribution in [0.2, 0.25) is 51.4 Å². The number of carbonyl (C=O) groups is 4.